The van der Waals surface area contributed by atoms with E-state index in [0.29, 0.717) is 12.0 Å². The summed E-state index contributed by atoms with van der Waals surface area (Å²) < 4.78 is 9.84. The maximum absolute atomic E-state index is 12.1. The summed E-state index contributed by atoms with van der Waals surface area (Å²) in [6.07, 6.45) is -0.226. The number of nitrogens with one attached hydrogen (secondary N) is 2. The summed E-state index contributed by atoms with van der Waals surface area (Å²) in [5.41, 5.74) is 1.30. The minimum Gasteiger partial charge on any atom is -0.478 e. The minimum atomic E-state index is -1.10. The lowest BCUT2D eigenvalue weighted by Crippen LogP contribution is -2.42. The monoisotopic (exact) mass is 442 g/mol. The van der Waals surface area contributed by atoms with Crippen LogP contribution in [0.1, 0.15) is 34.3 Å². The van der Waals surface area contributed by atoms with Gasteiger partial charge in [-0.3, -0.25) is 4.79 Å². The van der Waals surface area contributed by atoms with Crippen LogP contribution in [0.2, 0.25) is 0 Å². The minimum absolute atomic E-state index is 0.0639. The smallest absolute Gasteiger partial charge is 0.408 e. The predicted octanol–water partition coefficient (Wildman–Crippen LogP) is 2.29. The number of carboxylic acids is 1. The molecule has 2 aromatic rings. The number of carboxylic acid groups (broad SMARTS) is 1. The Morgan fingerprint density at radius 3 is 2.38 bits per heavy atom. The average Bonchev–Trinajstić information content (AvgIpc) is 2.80. The van der Waals surface area contributed by atoms with Crippen LogP contribution < -0.4 is 10.6 Å². The molecule has 0 unspecified atom stereocenters. The molecule has 0 saturated carbocycles. The second kappa shape index (κ2) is 12.7. The molecule has 0 aromatic heterocycles. The van der Waals surface area contributed by atoms with Gasteiger partial charge in [0.1, 0.15) is 12.6 Å². The second-order valence-corrected chi connectivity index (χ2v) is 6.91. The molecule has 170 valence electrons. The number of hydrogen-bond donors (Lipinski definition) is 3. The highest BCUT2D eigenvalue weighted by Crippen LogP contribution is 2.10. The molecule has 32 heavy (non-hydrogen) atoms. The van der Waals surface area contributed by atoms with E-state index in [0.717, 1.165) is 5.56 Å². The van der Waals surface area contributed by atoms with Crippen LogP contribution in [-0.4, -0.2) is 48.7 Å². The third-order valence-electron chi connectivity index (χ3n) is 4.58. The summed E-state index contributed by atoms with van der Waals surface area (Å²) in [6.45, 7) is 0.302. The van der Waals surface area contributed by atoms with E-state index in [-0.39, 0.29) is 37.5 Å². The van der Waals surface area contributed by atoms with Gasteiger partial charge in [-0.15, -0.1) is 0 Å². The molecule has 0 saturated heterocycles. The zero-order valence-corrected chi connectivity index (χ0v) is 17.7. The summed E-state index contributed by atoms with van der Waals surface area (Å²) in [7, 11) is 1.22. The Morgan fingerprint density at radius 2 is 1.69 bits per heavy atom. The first kappa shape index (κ1) is 24.4. The largest absolute Gasteiger partial charge is 0.478 e. The van der Waals surface area contributed by atoms with E-state index in [1.54, 1.807) is 18.2 Å². The van der Waals surface area contributed by atoms with Crippen molar-refractivity contribution in [3.63, 3.8) is 0 Å². The Hall–Kier alpha value is -3.88. The fourth-order valence-electron chi connectivity index (χ4n) is 2.95. The summed E-state index contributed by atoms with van der Waals surface area (Å²) >= 11 is 0. The molecule has 0 spiro atoms. The van der Waals surface area contributed by atoms with E-state index < -0.39 is 24.1 Å². The molecule has 9 heteroatoms. The van der Waals surface area contributed by atoms with Crippen LogP contribution in [-0.2, 0) is 32.1 Å². The molecule has 2 amide bonds. The Labute approximate surface area is 185 Å². The van der Waals surface area contributed by atoms with Crippen LogP contribution in [0.25, 0.3) is 0 Å². The fourth-order valence-corrected chi connectivity index (χ4v) is 2.95. The summed E-state index contributed by atoms with van der Waals surface area (Å²) in [5, 5.41) is 14.3. The lowest BCUT2D eigenvalue weighted by molar-refractivity contribution is -0.143. The van der Waals surface area contributed by atoms with E-state index in [4.69, 9.17) is 9.47 Å². The van der Waals surface area contributed by atoms with Crippen molar-refractivity contribution in [2.75, 3.05) is 13.7 Å². The van der Waals surface area contributed by atoms with Gasteiger partial charge in [0.25, 0.3) is 0 Å². The maximum atomic E-state index is 12.1. The van der Waals surface area contributed by atoms with Crippen molar-refractivity contribution in [2.45, 2.75) is 31.9 Å². The molecule has 2 aromatic carbocycles. The Morgan fingerprint density at radius 1 is 1.00 bits per heavy atom. The predicted molar refractivity (Wildman–Crippen MR) is 115 cm³/mol. The number of amides is 2. The van der Waals surface area contributed by atoms with Crippen molar-refractivity contribution in [2.24, 2.45) is 0 Å². The van der Waals surface area contributed by atoms with Gasteiger partial charge in [-0.2, -0.15) is 0 Å². The van der Waals surface area contributed by atoms with Crippen molar-refractivity contribution in [3.8, 4) is 0 Å². The Bertz CT molecular complexity index is 931. The van der Waals surface area contributed by atoms with Gasteiger partial charge in [-0.25, -0.2) is 14.4 Å². The van der Waals surface area contributed by atoms with E-state index in [1.165, 1.54) is 13.2 Å². The molecule has 0 aliphatic carbocycles. The van der Waals surface area contributed by atoms with Gasteiger partial charge in [0.2, 0.25) is 5.91 Å². The van der Waals surface area contributed by atoms with E-state index in [9.17, 15) is 24.3 Å². The lowest BCUT2D eigenvalue weighted by Gasteiger charge is -2.16. The van der Waals surface area contributed by atoms with Crippen molar-refractivity contribution >= 4 is 23.9 Å². The molecular weight excluding hydrogens is 416 g/mol. The first-order valence-corrected chi connectivity index (χ1v) is 10.0. The highest BCUT2D eigenvalue weighted by molar-refractivity contribution is 5.91. The molecule has 2 rings (SSSR count). The standard InChI is InChI=1S/C23H26N2O7/c1-31-22(29)19(25-23(30)32-15-16-8-3-2-4-9-16)12-7-13-24-20(26)14-17-10-5-6-11-18(17)21(27)28/h2-6,8-11,19H,7,12-15H2,1H3,(H,24,26)(H,25,30)(H,27,28)/t19-/m0/s1. The second-order valence-electron chi connectivity index (χ2n) is 6.91. The number of alkyl carbamates (subject to hydrolysis) is 1. The molecule has 0 aliphatic rings. The highest BCUT2D eigenvalue weighted by atomic mass is 16.6. The number of esters is 1. The van der Waals surface area contributed by atoms with E-state index in [1.807, 2.05) is 30.3 Å². The van der Waals surface area contributed by atoms with Gasteiger partial charge in [0.05, 0.1) is 19.1 Å². The van der Waals surface area contributed by atoms with E-state index >= 15 is 0 Å². The molecule has 0 radical (unpaired) electrons. The normalized spacial score (nSPS) is 11.2. The number of ether oxygens (including phenoxy) is 2. The zero-order valence-electron chi connectivity index (χ0n) is 17.7. The van der Waals surface area contributed by atoms with Crippen LogP contribution >= 0.6 is 0 Å². The molecule has 0 bridgehead atoms. The third kappa shape index (κ3) is 8.10. The third-order valence-corrected chi connectivity index (χ3v) is 4.58. The summed E-state index contributed by atoms with van der Waals surface area (Å²) in [5.74, 6) is -2.06. The van der Waals surface area contributed by atoms with Gasteiger partial charge in [0, 0.05) is 6.54 Å². The first-order chi connectivity index (χ1) is 15.4. The van der Waals surface area contributed by atoms with Crippen molar-refractivity contribution in [1.82, 2.24) is 10.6 Å². The molecule has 0 fully saturated rings. The number of carbonyl (C=O) groups is 4. The number of rotatable bonds is 11. The maximum Gasteiger partial charge on any atom is 0.408 e. The number of aromatic carboxylic acids is 1. The SMILES string of the molecule is COC(=O)[C@H](CCCNC(=O)Cc1ccccc1C(=O)O)NC(=O)OCc1ccccc1. The number of methoxy groups -OCH3 is 1. The van der Waals surface area contributed by atoms with Crippen LogP contribution in [0.4, 0.5) is 4.79 Å². The van der Waals surface area contributed by atoms with Gasteiger partial charge in [-0.1, -0.05) is 48.5 Å². The quantitative estimate of drug-likeness (QED) is 0.359. The van der Waals surface area contributed by atoms with Crippen molar-refractivity contribution in [1.29, 1.82) is 0 Å². The van der Waals surface area contributed by atoms with Crippen LogP contribution in [0.3, 0.4) is 0 Å². The van der Waals surface area contributed by atoms with Crippen molar-refractivity contribution < 1.29 is 33.8 Å². The Kier molecular flexibility index (Phi) is 9.70. The van der Waals surface area contributed by atoms with Gasteiger partial charge in [-0.05, 0) is 30.0 Å². The molecule has 1 atom stereocenters. The van der Waals surface area contributed by atoms with Crippen LogP contribution in [0, 0.1) is 0 Å². The first-order valence-electron chi connectivity index (χ1n) is 10.0. The number of hydrogen-bond acceptors (Lipinski definition) is 6. The number of carbonyl (C=O) groups excluding carboxylic acids is 3. The molecule has 9 nitrogen and oxygen atoms in total. The van der Waals surface area contributed by atoms with Crippen LogP contribution in [0.5, 0.6) is 0 Å². The van der Waals surface area contributed by atoms with Crippen LogP contribution in [0.15, 0.2) is 54.6 Å². The summed E-state index contributed by atoms with van der Waals surface area (Å²) in [6, 6.07) is 14.5. The highest BCUT2D eigenvalue weighted by Gasteiger charge is 2.22. The lowest BCUT2D eigenvalue weighted by atomic mass is 10.0. The van der Waals surface area contributed by atoms with Crippen molar-refractivity contribution in [3.05, 3.63) is 71.3 Å². The summed E-state index contributed by atoms with van der Waals surface area (Å²) in [4.78, 5) is 47.3. The molecule has 0 heterocycles. The fraction of sp³-hybridized carbons (Fsp3) is 0.304. The zero-order chi connectivity index (χ0) is 23.3. The molecule has 3 N–H and O–H groups in total. The molecule has 0 aliphatic heterocycles. The van der Waals surface area contributed by atoms with Gasteiger partial charge in [0.15, 0.2) is 0 Å². The van der Waals surface area contributed by atoms with Gasteiger partial charge >= 0.3 is 18.0 Å². The average molecular weight is 442 g/mol. The van der Waals surface area contributed by atoms with E-state index in [2.05, 4.69) is 10.6 Å². The topological polar surface area (TPSA) is 131 Å². The Balaban J connectivity index is 1.77. The van der Waals surface area contributed by atoms with Gasteiger partial charge < -0.3 is 25.2 Å². The molecular formula is C23H26N2O7. The number of benzene rings is 2.